The molecule has 2 aromatic rings. The molecule has 0 aromatic carbocycles. The van der Waals surface area contributed by atoms with Crippen molar-refractivity contribution in [2.45, 2.75) is 6.92 Å². The Labute approximate surface area is 110 Å². The van der Waals surface area contributed by atoms with E-state index >= 15 is 0 Å². The summed E-state index contributed by atoms with van der Waals surface area (Å²) < 4.78 is 1.84. The molecule has 0 aliphatic heterocycles. The largest absolute Gasteiger partial charge is 0.395 e. The Balaban J connectivity index is 2.28. The minimum Gasteiger partial charge on any atom is -0.395 e. The number of nitrogens with zero attached hydrogens (tertiary/aromatic N) is 3. The van der Waals surface area contributed by atoms with Crippen LogP contribution in [0, 0.1) is 6.92 Å². The molecule has 0 saturated carbocycles. The van der Waals surface area contributed by atoms with E-state index in [1.54, 1.807) is 18.3 Å². The molecule has 0 radical (unpaired) electrons. The van der Waals surface area contributed by atoms with Crippen molar-refractivity contribution in [3.63, 3.8) is 0 Å². The molecule has 0 saturated heterocycles. The van der Waals surface area contributed by atoms with Crippen LogP contribution in [0.3, 0.4) is 0 Å². The molecule has 19 heavy (non-hydrogen) atoms. The molecule has 0 bridgehead atoms. The highest BCUT2D eigenvalue weighted by Crippen LogP contribution is 2.10. The highest BCUT2D eigenvalue weighted by atomic mass is 16.3. The van der Waals surface area contributed by atoms with Crippen molar-refractivity contribution in [3.05, 3.63) is 35.8 Å². The second-order valence-corrected chi connectivity index (χ2v) is 4.30. The maximum absolute atomic E-state index is 12.2. The molecule has 0 aliphatic rings. The minimum absolute atomic E-state index is 0.129. The van der Waals surface area contributed by atoms with E-state index < -0.39 is 0 Å². The van der Waals surface area contributed by atoms with Crippen molar-refractivity contribution in [1.29, 1.82) is 0 Å². The second kappa shape index (κ2) is 5.81. The maximum atomic E-state index is 12.2. The number of fused-ring (bicyclic) bond motifs is 1. The number of imidazole rings is 1. The monoisotopic (exact) mass is 263 g/mol. The number of pyridine rings is 1. The lowest BCUT2D eigenvalue weighted by Crippen LogP contribution is -2.35. The van der Waals surface area contributed by atoms with E-state index in [2.05, 4.69) is 4.98 Å². The average Bonchev–Trinajstić information content (AvgIpc) is 2.76. The van der Waals surface area contributed by atoms with Gasteiger partial charge >= 0.3 is 0 Å². The van der Waals surface area contributed by atoms with E-state index in [1.165, 1.54) is 4.90 Å². The van der Waals surface area contributed by atoms with E-state index in [-0.39, 0.29) is 32.2 Å². The third-order valence-corrected chi connectivity index (χ3v) is 2.85. The number of amides is 1. The summed E-state index contributed by atoms with van der Waals surface area (Å²) in [6.45, 7) is 2.04. The van der Waals surface area contributed by atoms with Crippen LogP contribution in [0.25, 0.3) is 5.65 Å². The summed E-state index contributed by atoms with van der Waals surface area (Å²) >= 11 is 0. The Kier molecular flexibility index (Phi) is 4.13. The van der Waals surface area contributed by atoms with E-state index in [0.29, 0.717) is 11.2 Å². The smallest absolute Gasteiger partial charge is 0.254 e. The first kappa shape index (κ1) is 13.5. The molecule has 2 heterocycles. The first-order chi connectivity index (χ1) is 9.15. The van der Waals surface area contributed by atoms with Gasteiger partial charge in [-0.05, 0) is 19.1 Å². The molecule has 6 nitrogen and oxygen atoms in total. The van der Waals surface area contributed by atoms with E-state index in [9.17, 15) is 4.79 Å². The number of aliphatic hydroxyl groups excluding tert-OH is 2. The number of rotatable bonds is 5. The maximum Gasteiger partial charge on any atom is 0.254 e. The Morgan fingerprint density at radius 1 is 1.37 bits per heavy atom. The summed E-state index contributed by atoms with van der Waals surface area (Å²) in [4.78, 5) is 18.0. The molecule has 0 fully saturated rings. The summed E-state index contributed by atoms with van der Waals surface area (Å²) in [5.74, 6) is -0.216. The third kappa shape index (κ3) is 2.91. The number of hydrogen-bond acceptors (Lipinski definition) is 4. The van der Waals surface area contributed by atoms with Crippen LogP contribution < -0.4 is 0 Å². The van der Waals surface area contributed by atoms with Crippen LogP contribution in [0.4, 0.5) is 0 Å². The van der Waals surface area contributed by atoms with Crippen molar-refractivity contribution >= 4 is 11.6 Å². The van der Waals surface area contributed by atoms with Crippen LogP contribution in [0.2, 0.25) is 0 Å². The number of carbonyl (C=O) groups is 1. The quantitative estimate of drug-likeness (QED) is 0.800. The van der Waals surface area contributed by atoms with Crippen molar-refractivity contribution in [3.8, 4) is 0 Å². The van der Waals surface area contributed by atoms with Crippen LogP contribution >= 0.6 is 0 Å². The highest BCUT2D eigenvalue weighted by Gasteiger charge is 2.15. The summed E-state index contributed by atoms with van der Waals surface area (Å²) in [7, 11) is 0. The molecule has 0 spiro atoms. The van der Waals surface area contributed by atoms with E-state index in [4.69, 9.17) is 10.2 Å². The average molecular weight is 263 g/mol. The molecule has 1 amide bonds. The lowest BCUT2D eigenvalue weighted by Gasteiger charge is -2.20. The van der Waals surface area contributed by atoms with Crippen molar-refractivity contribution in [2.24, 2.45) is 0 Å². The summed E-state index contributed by atoms with van der Waals surface area (Å²) in [6, 6.07) is 3.41. The van der Waals surface area contributed by atoms with Gasteiger partial charge < -0.3 is 19.5 Å². The molecular weight excluding hydrogens is 246 g/mol. The number of hydrogen-bond donors (Lipinski definition) is 2. The Morgan fingerprint density at radius 3 is 2.68 bits per heavy atom. The molecule has 102 valence electrons. The fraction of sp³-hybridized carbons (Fsp3) is 0.385. The van der Waals surface area contributed by atoms with Crippen LogP contribution in [0.1, 0.15) is 16.1 Å². The molecule has 0 atom stereocenters. The standard InChI is InChI=1S/C13H17N3O3/c1-10-9-16-3-2-11(8-12(16)14-10)13(19)15(4-6-17)5-7-18/h2-3,8-9,17-18H,4-7H2,1H3. The lowest BCUT2D eigenvalue weighted by atomic mass is 10.2. The van der Waals surface area contributed by atoms with Gasteiger partial charge in [0.25, 0.3) is 5.91 Å². The Hall–Kier alpha value is -1.92. The summed E-state index contributed by atoms with van der Waals surface area (Å²) in [5, 5.41) is 17.9. The molecule has 2 aromatic heterocycles. The zero-order valence-electron chi connectivity index (χ0n) is 10.8. The van der Waals surface area contributed by atoms with Crippen molar-refractivity contribution in [2.75, 3.05) is 26.3 Å². The minimum atomic E-state index is -0.216. The predicted octanol–water partition coefficient (Wildman–Crippen LogP) is 0.0695. The molecule has 6 heteroatoms. The van der Waals surface area contributed by atoms with Crippen molar-refractivity contribution < 1.29 is 15.0 Å². The van der Waals surface area contributed by atoms with Gasteiger partial charge in [-0.25, -0.2) is 4.98 Å². The van der Waals surface area contributed by atoms with Gasteiger partial charge in [-0.1, -0.05) is 0 Å². The van der Waals surface area contributed by atoms with Gasteiger partial charge in [-0.2, -0.15) is 0 Å². The number of carbonyl (C=O) groups excluding carboxylic acids is 1. The first-order valence-electron chi connectivity index (χ1n) is 6.12. The lowest BCUT2D eigenvalue weighted by molar-refractivity contribution is 0.0685. The van der Waals surface area contributed by atoms with Gasteiger partial charge in [0.05, 0.1) is 18.9 Å². The van der Waals surface area contributed by atoms with Crippen molar-refractivity contribution in [1.82, 2.24) is 14.3 Å². The van der Waals surface area contributed by atoms with Gasteiger partial charge in [0.2, 0.25) is 0 Å². The fourth-order valence-electron chi connectivity index (χ4n) is 1.98. The molecule has 0 aliphatic carbocycles. The van der Waals surface area contributed by atoms with Gasteiger partial charge in [-0.15, -0.1) is 0 Å². The van der Waals surface area contributed by atoms with Crippen LogP contribution in [-0.4, -0.2) is 56.7 Å². The Bertz CT molecular complexity index is 574. The normalized spacial score (nSPS) is 10.9. The van der Waals surface area contributed by atoms with Crippen LogP contribution in [0.15, 0.2) is 24.5 Å². The van der Waals surface area contributed by atoms with Gasteiger partial charge in [0.1, 0.15) is 5.65 Å². The predicted molar refractivity (Wildman–Crippen MR) is 70.0 cm³/mol. The van der Waals surface area contributed by atoms with E-state index in [0.717, 1.165) is 5.69 Å². The molecular formula is C13H17N3O3. The third-order valence-electron chi connectivity index (χ3n) is 2.85. The molecule has 2 rings (SSSR count). The van der Waals surface area contributed by atoms with Crippen LogP contribution in [0.5, 0.6) is 0 Å². The zero-order chi connectivity index (χ0) is 13.8. The molecule has 0 unspecified atom stereocenters. The summed E-state index contributed by atoms with van der Waals surface area (Å²) in [6.07, 6.45) is 3.65. The number of aliphatic hydroxyl groups is 2. The number of aromatic nitrogens is 2. The Morgan fingerprint density at radius 2 is 2.05 bits per heavy atom. The van der Waals surface area contributed by atoms with Gasteiger partial charge in [0, 0.05) is 31.0 Å². The molecule has 2 N–H and O–H groups in total. The summed E-state index contributed by atoms with van der Waals surface area (Å²) in [5.41, 5.74) is 2.09. The fourth-order valence-corrected chi connectivity index (χ4v) is 1.98. The van der Waals surface area contributed by atoms with E-state index in [1.807, 2.05) is 17.5 Å². The highest BCUT2D eigenvalue weighted by molar-refractivity contribution is 5.95. The van der Waals surface area contributed by atoms with Crippen LogP contribution in [-0.2, 0) is 0 Å². The van der Waals surface area contributed by atoms with Gasteiger partial charge in [-0.3, -0.25) is 4.79 Å². The topological polar surface area (TPSA) is 78.1 Å². The second-order valence-electron chi connectivity index (χ2n) is 4.30. The zero-order valence-corrected chi connectivity index (χ0v) is 10.8. The number of aryl methyl sites for hydroxylation is 1. The van der Waals surface area contributed by atoms with Gasteiger partial charge in [0.15, 0.2) is 0 Å². The first-order valence-corrected chi connectivity index (χ1v) is 6.12. The SMILES string of the molecule is Cc1cn2ccc(C(=O)N(CCO)CCO)cc2n1.